The van der Waals surface area contributed by atoms with Crippen LogP contribution >= 0.6 is 24.0 Å². The molecule has 0 amide bonds. The van der Waals surface area contributed by atoms with Crippen LogP contribution in [0.3, 0.4) is 0 Å². The minimum absolute atomic E-state index is 0. The number of pyridine rings is 1. The van der Waals surface area contributed by atoms with Crippen LogP contribution in [0.5, 0.6) is 0 Å². The van der Waals surface area contributed by atoms with E-state index in [0.717, 1.165) is 11.4 Å². The van der Waals surface area contributed by atoms with E-state index in [1.807, 2.05) is 24.4 Å². The molecule has 2 rings (SSSR count). The zero-order valence-electron chi connectivity index (χ0n) is 9.02. The molecule has 0 aromatic carbocycles. The third-order valence-electron chi connectivity index (χ3n) is 1.99. The number of aromatic nitrogens is 3. The zero-order valence-corrected chi connectivity index (χ0v) is 11.4. The normalized spacial score (nSPS) is 9.41. The van der Waals surface area contributed by atoms with Gasteiger partial charge in [-0.2, -0.15) is 5.10 Å². The summed E-state index contributed by atoms with van der Waals surface area (Å²) in [6, 6.07) is 5.62. The van der Waals surface area contributed by atoms with Gasteiger partial charge >= 0.3 is 0 Å². The molecule has 0 atom stereocenters. The molecule has 6 nitrogen and oxygen atoms in total. The second-order valence-electron chi connectivity index (χ2n) is 3.22. The molecule has 0 spiro atoms. The van der Waals surface area contributed by atoms with Crippen molar-refractivity contribution in [1.82, 2.24) is 14.8 Å². The summed E-state index contributed by atoms with van der Waals surface area (Å²) in [4.78, 5) is 8.15. The van der Waals surface area contributed by atoms with Gasteiger partial charge in [0.2, 0.25) is 0 Å². The van der Waals surface area contributed by atoms with Gasteiger partial charge in [0.25, 0.3) is 0 Å². The summed E-state index contributed by atoms with van der Waals surface area (Å²) in [6.07, 6.45) is 5.26. The summed E-state index contributed by atoms with van der Waals surface area (Å²) in [5.41, 5.74) is 11.4. The van der Waals surface area contributed by atoms with Gasteiger partial charge in [-0.15, -0.1) is 24.0 Å². The Morgan fingerprint density at radius 1 is 1.35 bits per heavy atom. The molecule has 4 N–H and O–H groups in total. The second-order valence-corrected chi connectivity index (χ2v) is 3.22. The molecule has 0 aliphatic rings. The van der Waals surface area contributed by atoms with E-state index in [1.54, 1.807) is 17.1 Å². The Hall–Kier alpha value is -1.64. The van der Waals surface area contributed by atoms with Gasteiger partial charge in [0.05, 0.1) is 6.54 Å². The van der Waals surface area contributed by atoms with Crippen molar-refractivity contribution in [2.24, 2.45) is 16.5 Å². The molecule has 2 aromatic heterocycles. The minimum Gasteiger partial charge on any atom is -0.370 e. The van der Waals surface area contributed by atoms with E-state index in [4.69, 9.17) is 11.5 Å². The number of nitrogens with zero attached hydrogens (tertiary/aromatic N) is 4. The van der Waals surface area contributed by atoms with E-state index in [0.29, 0.717) is 6.54 Å². The van der Waals surface area contributed by atoms with Gasteiger partial charge < -0.3 is 11.5 Å². The van der Waals surface area contributed by atoms with Crippen molar-refractivity contribution >= 4 is 29.9 Å². The smallest absolute Gasteiger partial charge is 0.186 e. The Labute approximate surface area is 116 Å². The first kappa shape index (κ1) is 13.4. The maximum Gasteiger partial charge on any atom is 0.186 e. The van der Waals surface area contributed by atoms with Crippen LogP contribution < -0.4 is 11.5 Å². The molecular formula is C10H13IN6. The van der Waals surface area contributed by atoms with Crippen molar-refractivity contribution in [2.75, 3.05) is 0 Å². The standard InChI is InChI=1S/C10H12N6.HI/c11-10(12)14-7-8-2-3-9(13-6-8)16-5-1-4-15-16;/h1-6H,7H2,(H4,11,12,14);1H. The monoisotopic (exact) mass is 344 g/mol. The molecule has 2 aromatic rings. The van der Waals surface area contributed by atoms with Gasteiger partial charge in [-0.3, -0.25) is 0 Å². The number of hydrogen-bond donors (Lipinski definition) is 2. The summed E-state index contributed by atoms with van der Waals surface area (Å²) in [7, 11) is 0. The lowest BCUT2D eigenvalue weighted by atomic mass is 10.3. The molecule has 0 saturated carbocycles. The number of aliphatic imine (C=N–C) groups is 1. The third-order valence-corrected chi connectivity index (χ3v) is 1.99. The topological polar surface area (TPSA) is 95.1 Å². The van der Waals surface area contributed by atoms with Crippen molar-refractivity contribution in [1.29, 1.82) is 0 Å². The predicted octanol–water partition coefficient (Wildman–Crippen LogP) is 0.659. The molecule has 17 heavy (non-hydrogen) atoms. The number of rotatable bonds is 3. The van der Waals surface area contributed by atoms with Crippen LogP contribution in [0.25, 0.3) is 5.82 Å². The Morgan fingerprint density at radius 3 is 2.71 bits per heavy atom. The highest BCUT2D eigenvalue weighted by molar-refractivity contribution is 14.0. The van der Waals surface area contributed by atoms with E-state index in [2.05, 4.69) is 15.1 Å². The van der Waals surface area contributed by atoms with Crippen molar-refractivity contribution in [3.63, 3.8) is 0 Å². The quantitative estimate of drug-likeness (QED) is 0.486. The maximum atomic E-state index is 5.24. The molecule has 2 heterocycles. The van der Waals surface area contributed by atoms with Crippen LogP contribution in [-0.4, -0.2) is 20.7 Å². The highest BCUT2D eigenvalue weighted by Gasteiger charge is 1.97. The molecule has 0 bridgehead atoms. The Bertz CT molecular complexity index is 472. The zero-order chi connectivity index (χ0) is 11.4. The van der Waals surface area contributed by atoms with Gasteiger partial charge in [0, 0.05) is 18.6 Å². The molecule has 0 unspecified atom stereocenters. The summed E-state index contributed by atoms with van der Waals surface area (Å²) in [5.74, 6) is 0.842. The fourth-order valence-corrected chi connectivity index (χ4v) is 1.23. The number of hydrogen-bond acceptors (Lipinski definition) is 3. The van der Waals surface area contributed by atoms with Crippen molar-refractivity contribution in [3.05, 3.63) is 42.4 Å². The van der Waals surface area contributed by atoms with E-state index in [9.17, 15) is 0 Å². The second kappa shape index (κ2) is 6.18. The van der Waals surface area contributed by atoms with E-state index in [-0.39, 0.29) is 29.9 Å². The van der Waals surface area contributed by atoms with Crippen molar-refractivity contribution in [2.45, 2.75) is 6.54 Å². The van der Waals surface area contributed by atoms with Crippen LogP contribution in [0, 0.1) is 0 Å². The number of halogens is 1. The number of nitrogens with two attached hydrogens (primary N) is 2. The number of guanidine groups is 1. The fraction of sp³-hybridized carbons (Fsp3) is 0.100. The summed E-state index contributed by atoms with van der Waals surface area (Å²) >= 11 is 0. The SMILES string of the molecule is I.NC(N)=NCc1ccc(-n2cccn2)nc1. The van der Waals surface area contributed by atoms with Crippen LogP contribution in [0.2, 0.25) is 0 Å². The summed E-state index contributed by atoms with van der Waals surface area (Å²) < 4.78 is 1.68. The van der Waals surface area contributed by atoms with Crippen LogP contribution in [0.15, 0.2) is 41.8 Å². The van der Waals surface area contributed by atoms with E-state index < -0.39 is 0 Å². The first-order chi connectivity index (χ1) is 7.75. The van der Waals surface area contributed by atoms with Crippen LogP contribution in [0.4, 0.5) is 0 Å². The fourth-order valence-electron chi connectivity index (χ4n) is 1.23. The largest absolute Gasteiger partial charge is 0.370 e. The van der Waals surface area contributed by atoms with Gasteiger partial charge in [0.1, 0.15) is 0 Å². The molecule has 90 valence electrons. The molecular weight excluding hydrogens is 331 g/mol. The lowest BCUT2D eigenvalue weighted by Crippen LogP contribution is -2.22. The molecule has 0 fully saturated rings. The van der Waals surface area contributed by atoms with E-state index >= 15 is 0 Å². The summed E-state index contributed by atoms with van der Waals surface area (Å²) in [6.45, 7) is 0.439. The first-order valence-corrected chi connectivity index (χ1v) is 4.76. The average molecular weight is 344 g/mol. The molecule has 7 heteroatoms. The maximum absolute atomic E-state index is 5.24. The third kappa shape index (κ3) is 3.70. The molecule has 0 radical (unpaired) electrons. The van der Waals surface area contributed by atoms with Crippen LogP contribution in [-0.2, 0) is 6.54 Å². The Morgan fingerprint density at radius 2 is 2.18 bits per heavy atom. The van der Waals surface area contributed by atoms with E-state index in [1.165, 1.54) is 0 Å². The Balaban J connectivity index is 0.00000144. The highest BCUT2D eigenvalue weighted by atomic mass is 127. The average Bonchev–Trinajstić information content (AvgIpc) is 2.80. The van der Waals surface area contributed by atoms with Crippen molar-refractivity contribution < 1.29 is 0 Å². The minimum atomic E-state index is 0. The van der Waals surface area contributed by atoms with Gasteiger partial charge in [-0.25, -0.2) is 14.7 Å². The van der Waals surface area contributed by atoms with Gasteiger partial charge in [-0.1, -0.05) is 6.07 Å². The molecule has 0 aliphatic heterocycles. The predicted molar refractivity (Wildman–Crippen MR) is 76.3 cm³/mol. The van der Waals surface area contributed by atoms with Gasteiger partial charge in [0.15, 0.2) is 11.8 Å². The summed E-state index contributed by atoms with van der Waals surface area (Å²) in [5, 5.41) is 4.08. The molecule has 0 aliphatic carbocycles. The van der Waals surface area contributed by atoms with Crippen LogP contribution in [0.1, 0.15) is 5.56 Å². The first-order valence-electron chi connectivity index (χ1n) is 4.76. The van der Waals surface area contributed by atoms with Gasteiger partial charge in [-0.05, 0) is 17.7 Å². The Kier molecular flexibility index (Phi) is 4.88. The highest BCUT2D eigenvalue weighted by Crippen LogP contribution is 2.05. The lowest BCUT2D eigenvalue weighted by molar-refractivity contribution is 0.842. The van der Waals surface area contributed by atoms with Crippen molar-refractivity contribution in [3.8, 4) is 5.82 Å². The lowest BCUT2D eigenvalue weighted by Gasteiger charge is -2.01. The molecule has 0 saturated heterocycles.